The van der Waals surface area contributed by atoms with Crippen LogP contribution in [0.15, 0.2) is 6.20 Å². The summed E-state index contributed by atoms with van der Waals surface area (Å²) >= 11 is 7.33. The Morgan fingerprint density at radius 3 is 2.71 bits per heavy atom. The molecule has 0 bridgehead atoms. The van der Waals surface area contributed by atoms with Gasteiger partial charge in [0, 0.05) is 23.7 Å². The molecule has 0 saturated carbocycles. The third-order valence-electron chi connectivity index (χ3n) is 3.12. The summed E-state index contributed by atoms with van der Waals surface area (Å²) in [5, 5.41) is 3.54. The van der Waals surface area contributed by atoms with Crippen molar-refractivity contribution in [2.24, 2.45) is 0 Å². The third-order valence-corrected chi connectivity index (χ3v) is 4.24. The van der Waals surface area contributed by atoms with Crippen molar-refractivity contribution < 1.29 is 4.74 Å². The van der Waals surface area contributed by atoms with Gasteiger partial charge in [0.15, 0.2) is 4.47 Å². The van der Waals surface area contributed by atoms with E-state index in [0.717, 1.165) is 17.8 Å². The summed E-state index contributed by atoms with van der Waals surface area (Å²) in [4.78, 5) is 5.20. The predicted octanol–water partition coefficient (Wildman–Crippen LogP) is 3.23. The molecule has 0 unspecified atom stereocenters. The average Bonchev–Trinajstić information content (AvgIpc) is 2.64. The van der Waals surface area contributed by atoms with Gasteiger partial charge in [-0.3, -0.25) is 0 Å². The van der Waals surface area contributed by atoms with E-state index in [2.05, 4.69) is 38.0 Å². The van der Waals surface area contributed by atoms with Crippen LogP contribution < -0.4 is 5.32 Å². The van der Waals surface area contributed by atoms with Crippen LogP contribution >= 0.6 is 22.9 Å². The molecule has 1 aliphatic rings. The first-order valence-electron chi connectivity index (χ1n) is 5.82. The maximum Gasteiger partial charge on any atom is 0.183 e. The zero-order valence-corrected chi connectivity index (χ0v) is 12.3. The maximum absolute atomic E-state index is 6.04. The summed E-state index contributed by atoms with van der Waals surface area (Å²) in [6.07, 6.45) is 2.85. The summed E-state index contributed by atoms with van der Waals surface area (Å²) in [5.74, 6) is 0. The highest BCUT2D eigenvalue weighted by Gasteiger charge is 2.45. The average molecular weight is 275 g/mol. The summed E-state index contributed by atoms with van der Waals surface area (Å²) in [6, 6.07) is 0.360. The second kappa shape index (κ2) is 4.50. The number of nitrogens with zero attached hydrogens (tertiary/aromatic N) is 1. The van der Waals surface area contributed by atoms with Gasteiger partial charge in [-0.2, -0.15) is 0 Å². The van der Waals surface area contributed by atoms with Crippen molar-refractivity contribution >= 4 is 22.9 Å². The van der Waals surface area contributed by atoms with E-state index in [1.165, 1.54) is 11.3 Å². The molecule has 17 heavy (non-hydrogen) atoms. The van der Waals surface area contributed by atoms with E-state index in [1.54, 1.807) is 0 Å². The van der Waals surface area contributed by atoms with Gasteiger partial charge in [0.2, 0.25) is 0 Å². The molecule has 96 valence electrons. The van der Waals surface area contributed by atoms with Gasteiger partial charge in [-0.1, -0.05) is 11.6 Å². The molecule has 2 rings (SSSR count). The van der Waals surface area contributed by atoms with Gasteiger partial charge >= 0.3 is 0 Å². The van der Waals surface area contributed by atoms with E-state index in [-0.39, 0.29) is 11.2 Å². The van der Waals surface area contributed by atoms with Gasteiger partial charge in [0.25, 0.3) is 0 Å². The minimum Gasteiger partial charge on any atom is -0.368 e. The van der Waals surface area contributed by atoms with Crippen LogP contribution in [0, 0.1) is 0 Å². The van der Waals surface area contributed by atoms with E-state index in [4.69, 9.17) is 16.3 Å². The van der Waals surface area contributed by atoms with Crippen molar-refractivity contribution in [3.8, 4) is 0 Å². The fourth-order valence-electron chi connectivity index (χ4n) is 2.47. The number of nitrogens with one attached hydrogen (secondary N) is 1. The van der Waals surface area contributed by atoms with E-state index in [9.17, 15) is 0 Å². The number of halogens is 1. The first-order chi connectivity index (χ1) is 7.78. The van der Waals surface area contributed by atoms with Crippen LogP contribution in [0.3, 0.4) is 0 Å². The van der Waals surface area contributed by atoms with Crippen LogP contribution in [-0.4, -0.2) is 22.2 Å². The van der Waals surface area contributed by atoms with Crippen molar-refractivity contribution in [2.45, 2.75) is 57.9 Å². The summed E-state index contributed by atoms with van der Waals surface area (Å²) < 4.78 is 6.64. The Kier molecular flexibility index (Phi) is 3.51. The van der Waals surface area contributed by atoms with Crippen molar-refractivity contribution in [1.82, 2.24) is 10.3 Å². The Labute approximate surface area is 112 Å². The molecule has 3 nitrogen and oxygen atoms in total. The molecule has 0 aliphatic carbocycles. The fraction of sp³-hybridized carbons (Fsp3) is 0.750. The monoisotopic (exact) mass is 274 g/mol. The van der Waals surface area contributed by atoms with Crippen LogP contribution in [0.5, 0.6) is 0 Å². The van der Waals surface area contributed by atoms with Crippen molar-refractivity contribution in [1.29, 1.82) is 0 Å². The van der Waals surface area contributed by atoms with E-state index >= 15 is 0 Å². The molecule has 1 saturated heterocycles. The molecule has 1 aromatic heterocycles. The second-order valence-electron chi connectivity index (χ2n) is 5.68. The topological polar surface area (TPSA) is 34.2 Å². The molecule has 1 atom stereocenters. The molecule has 1 N–H and O–H groups in total. The molecule has 5 heteroatoms. The van der Waals surface area contributed by atoms with Crippen LogP contribution in [0.2, 0.25) is 4.47 Å². The molecular weight excluding hydrogens is 256 g/mol. The molecular formula is C12H19ClN2OS. The Morgan fingerprint density at radius 1 is 1.53 bits per heavy atom. The highest BCUT2D eigenvalue weighted by atomic mass is 35.5. The Bertz CT molecular complexity index is 403. The predicted molar refractivity (Wildman–Crippen MR) is 71.6 cm³/mol. The molecule has 2 heterocycles. The van der Waals surface area contributed by atoms with E-state index in [0.29, 0.717) is 10.5 Å². The largest absolute Gasteiger partial charge is 0.368 e. The normalized spacial score (nSPS) is 26.3. The molecule has 0 amide bonds. The fourth-order valence-corrected chi connectivity index (χ4v) is 3.40. The first-order valence-corrected chi connectivity index (χ1v) is 7.02. The van der Waals surface area contributed by atoms with Gasteiger partial charge in [0.05, 0.1) is 11.2 Å². The van der Waals surface area contributed by atoms with Crippen LogP contribution in [0.25, 0.3) is 0 Å². The zero-order chi connectivity index (χ0) is 12.7. The number of aromatic nitrogens is 1. The molecule has 0 aromatic carbocycles. The highest BCUT2D eigenvalue weighted by Crippen LogP contribution is 2.37. The molecule has 1 aliphatic heterocycles. The van der Waals surface area contributed by atoms with Crippen LogP contribution in [0.4, 0.5) is 0 Å². The second-order valence-corrected chi connectivity index (χ2v) is 7.38. The maximum atomic E-state index is 6.04. The van der Waals surface area contributed by atoms with Crippen LogP contribution in [0.1, 0.15) is 39.0 Å². The standard InChI is InChI=1S/C12H19ClN2OS/c1-11(2)5-9(12(3,4)16-11)14-6-8-7-15-10(13)17-8/h7,9,14H,5-6H2,1-4H3/t9-/m1/s1. The van der Waals surface area contributed by atoms with Crippen molar-refractivity contribution in [3.05, 3.63) is 15.5 Å². The zero-order valence-electron chi connectivity index (χ0n) is 10.7. The Morgan fingerprint density at radius 2 is 2.24 bits per heavy atom. The number of hydrogen-bond donors (Lipinski definition) is 1. The summed E-state index contributed by atoms with van der Waals surface area (Å²) in [5.41, 5.74) is -0.176. The minimum absolute atomic E-state index is 0.0491. The quantitative estimate of drug-likeness (QED) is 0.919. The highest BCUT2D eigenvalue weighted by molar-refractivity contribution is 7.15. The summed E-state index contributed by atoms with van der Waals surface area (Å²) in [6.45, 7) is 9.36. The molecule has 1 fully saturated rings. The lowest BCUT2D eigenvalue weighted by Gasteiger charge is -2.27. The van der Waals surface area contributed by atoms with E-state index in [1.807, 2.05) is 6.20 Å². The van der Waals surface area contributed by atoms with Crippen LogP contribution in [-0.2, 0) is 11.3 Å². The van der Waals surface area contributed by atoms with Crippen molar-refractivity contribution in [2.75, 3.05) is 0 Å². The first kappa shape index (κ1) is 13.3. The molecule has 1 aromatic rings. The number of hydrogen-bond acceptors (Lipinski definition) is 4. The lowest BCUT2D eigenvalue weighted by molar-refractivity contribution is -0.0699. The molecule has 0 spiro atoms. The van der Waals surface area contributed by atoms with Gasteiger partial charge in [-0.15, -0.1) is 11.3 Å². The Balaban J connectivity index is 1.95. The number of rotatable bonds is 3. The number of thiazole rings is 1. The summed E-state index contributed by atoms with van der Waals surface area (Å²) in [7, 11) is 0. The smallest absolute Gasteiger partial charge is 0.183 e. The Hall–Kier alpha value is -0.160. The van der Waals surface area contributed by atoms with E-state index < -0.39 is 0 Å². The molecule has 0 radical (unpaired) electrons. The van der Waals surface area contributed by atoms with Gasteiger partial charge < -0.3 is 10.1 Å². The van der Waals surface area contributed by atoms with Gasteiger partial charge in [-0.05, 0) is 34.1 Å². The lowest BCUT2D eigenvalue weighted by Crippen LogP contribution is -2.42. The van der Waals surface area contributed by atoms with Gasteiger partial charge in [-0.25, -0.2) is 4.98 Å². The minimum atomic E-state index is -0.127. The SMILES string of the molecule is CC1(C)C[C@@H](NCc2cnc(Cl)s2)C(C)(C)O1. The van der Waals surface area contributed by atoms with Gasteiger partial charge in [0.1, 0.15) is 0 Å². The number of ether oxygens (including phenoxy) is 1. The lowest BCUT2D eigenvalue weighted by atomic mass is 9.94. The van der Waals surface area contributed by atoms with Crippen molar-refractivity contribution in [3.63, 3.8) is 0 Å². The third kappa shape index (κ3) is 3.19.